The molecule has 222 valence electrons. The number of amides is 6. The van der Waals surface area contributed by atoms with Crippen LogP contribution in [0.3, 0.4) is 0 Å². The molecule has 0 heterocycles. The number of hydrogen-bond donors (Lipinski definition) is 11. The number of carbonyl (C=O) groups excluding carboxylic acids is 7. The molecular formula is C21H37N7O11. The highest BCUT2D eigenvalue weighted by atomic mass is 16.3. The molecule has 13 N–H and O–H groups in total. The summed E-state index contributed by atoms with van der Waals surface area (Å²) in [7, 11) is 0. The summed E-state index contributed by atoms with van der Waals surface area (Å²) in [6.45, 7) is 0.423. The zero-order chi connectivity index (χ0) is 30.3. The van der Waals surface area contributed by atoms with Gasteiger partial charge in [-0.2, -0.15) is 0 Å². The molecule has 0 bridgehead atoms. The van der Waals surface area contributed by atoms with E-state index in [4.69, 9.17) is 11.5 Å². The van der Waals surface area contributed by atoms with E-state index in [0.717, 1.165) is 6.92 Å². The highest BCUT2D eigenvalue weighted by Crippen LogP contribution is 2.01. The first-order valence-corrected chi connectivity index (χ1v) is 11.7. The Morgan fingerprint density at radius 3 is 1.64 bits per heavy atom. The van der Waals surface area contributed by atoms with Crippen LogP contribution in [-0.4, -0.2) is 118 Å². The van der Waals surface area contributed by atoms with Crippen LogP contribution in [-0.2, 0) is 33.6 Å². The third-order valence-electron chi connectivity index (χ3n) is 5.05. The van der Waals surface area contributed by atoms with Crippen LogP contribution < -0.4 is 38.1 Å². The van der Waals surface area contributed by atoms with Gasteiger partial charge in [-0.15, -0.1) is 0 Å². The average molecular weight is 564 g/mol. The van der Waals surface area contributed by atoms with Crippen LogP contribution in [0, 0.1) is 0 Å². The molecule has 0 spiro atoms. The number of nitrogens with one attached hydrogen (secondary N) is 5. The van der Waals surface area contributed by atoms with E-state index in [2.05, 4.69) is 26.6 Å². The first kappa shape index (κ1) is 35.3. The maximum Gasteiger partial charge on any atom is 0.245 e. The van der Waals surface area contributed by atoms with Crippen molar-refractivity contribution in [3.63, 3.8) is 0 Å². The molecule has 0 aliphatic heterocycles. The van der Waals surface area contributed by atoms with Crippen molar-refractivity contribution in [3.05, 3.63) is 0 Å². The molecule has 18 heteroatoms. The smallest absolute Gasteiger partial charge is 0.245 e. The van der Waals surface area contributed by atoms with Crippen LogP contribution in [0.5, 0.6) is 0 Å². The quantitative estimate of drug-likeness (QED) is 0.0516. The Hall–Kier alpha value is -3.71. The Labute approximate surface area is 223 Å². The van der Waals surface area contributed by atoms with Crippen molar-refractivity contribution >= 4 is 41.7 Å². The largest absolute Gasteiger partial charge is 0.394 e. The second-order valence-corrected chi connectivity index (χ2v) is 8.54. The molecule has 0 aromatic heterocycles. The van der Waals surface area contributed by atoms with Crippen molar-refractivity contribution in [1.29, 1.82) is 0 Å². The Morgan fingerprint density at radius 1 is 0.744 bits per heavy atom. The molecule has 6 amide bonds. The van der Waals surface area contributed by atoms with E-state index in [1.54, 1.807) is 0 Å². The molecule has 0 aromatic carbocycles. The molecule has 0 saturated heterocycles. The number of rotatable bonds is 19. The molecule has 7 unspecified atom stereocenters. The molecular weight excluding hydrogens is 526 g/mol. The summed E-state index contributed by atoms with van der Waals surface area (Å²) in [5, 5.41) is 49.4. The standard InChI is InChI=1S/C21H37N7O11/c1-9(32)17(21(39)27-13(7-30)19(37)25-11(6-29)3-4-15(22)34)28-20(38)14(8-31)26-18(36)12(5-16(23)35)24-10(2)33/h6,9-14,17,24,30-33H,3-5,7-8H2,1-2H3,(H2,22,34)(H2,23,35)(H,25,37)(H,26,36)(H,27,39)(H,28,38). The van der Waals surface area contributed by atoms with Crippen LogP contribution in [0.15, 0.2) is 0 Å². The Balaban J connectivity index is 5.42. The zero-order valence-corrected chi connectivity index (χ0v) is 21.5. The lowest BCUT2D eigenvalue weighted by atomic mass is 10.1. The van der Waals surface area contributed by atoms with Gasteiger partial charge in [0.25, 0.3) is 0 Å². The van der Waals surface area contributed by atoms with Crippen LogP contribution >= 0.6 is 0 Å². The number of carbonyl (C=O) groups is 7. The molecule has 7 atom stereocenters. The van der Waals surface area contributed by atoms with E-state index in [1.165, 1.54) is 6.92 Å². The van der Waals surface area contributed by atoms with E-state index in [1.807, 2.05) is 0 Å². The van der Waals surface area contributed by atoms with Gasteiger partial charge in [-0.25, -0.2) is 0 Å². The van der Waals surface area contributed by atoms with E-state index in [-0.39, 0.29) is 12.8 Å². The van der Waals surface area contributed by atoms with Crippen molar-refractivity contribution in [1.82, 2.24) is 26.6 Å². The fourth-order valence-corrected chi connectivity index (χ4v) is 3.06. The minimum atomic E-state index is -1.75. The average Bonchev–Trinajstić information content (AvgIpc) is 2.84. The van der Waals surface area contributed by atoms with Gasteiger partial charge in [0.15, 0.2) is 0 Å². The lowest BCUT2D eigenvalue weighted by Gasteiger charge is -2.27. The third-order valence-corrected chi connectivity index (χ3v) is 5.05. The maximum absolute atomic E-state index is 12.7. The molecule has 18 nitrogen and oxygen atoms in total. The van der Waals surface area contributed by atoms with E-state index >= 15 is 0 Å². The first-order valence-electron chi connectivity index (χ1n) is 11.7. The zero-order valence-electron chi connectivity index (χ0n) is 21.5. The van der Waals surface area contributed by atoms with E-state index < -0.39 is 97.6 Å². The minimum Gasteiger partial charge on any atom is -0.394 e. The lowest BCUT2D eigenvalue weighted by Crippen LogP contribution is -2.62. The second kappa shape index (κ2) is 17.7. The number of primary amides is 2. The summed E-state index contributed by atoms with van der Waals surface area (Å²) in [6, 6.07) is -7.60. The highest BCUT2D eigenvalue weighted by Gasteiger charge is 2.33. The monoisotopic (exact) mass is 563 g/mol. The third kappa shape index (κ3) is 13.6. The first-order chi connectivity index (χ1) is 18.2. The fraction of sp³-hybridized carbons (Fsp3) is 0.667. The van der Waals surface area contributed by atoms with Crippen molar-refractivity contribution in [2.45, 2.75) is 75.7 Å². The summed E-state index contributed by atoms with van der Waals surface area (Å²) in [6.07, 6.45) is -3.42. The summed E-state index contributed by atoms with van der Waals surface area (Å²) in [4.78, 5) is 83.4. The van der Waals surface area contributed by atoms with E-state index in [0.29, 0.717) is 6.29 Å². The molecule has 0 fully saturated rings. The molecule has 0 saturated carbocycles. The highest BCUT2D eigenvalue weighted by molar-refractivity contribution is 5.96. The van der Waals surface area contributed by atoms with Crippen LogP contribution in [0.25, 0.3) is 0 Å². The molecule has 0 rings (SSSR count). The molecule has 0 aliphatic carbocycles. The van der Waals surface area contributed by atoms with Crippen LogP contribution in [0.2, 0.25) is 0 Å². The van der Waals surface area contributed by atoms with Crippen molar-refractivity contribution < 1.29 is 54.0 Å². The van der Waals surface area contributed by atoms with Crippen LogP contribution in [0.4, 0.5) is 0 Å². The van der Waals surface area contributed by atoms with Gasteiger partial charge in [-0.05, 0) is 20.3 Å². The van der Waals surface area contributed by atoms with Gasteiger partial charge in [0, 0.05) is 6.42 Å². The number of nitrogens with two attached hydrogens (primary N) is 2. The van der Waals surface area contributed by atoms with Gasteiger partial charge in [0.2, 0.25) is 35.4 Å². The van der Waals surface area contributed by atoms with Crippen LogP contribution in [0.1, 0.15) is 33.1 Å². The summed E-state index contributed by atoms with van der Waals surface area (Å²) in [5.74, 6) is -5.96. The number of aliphatic hydroxyl groups is 4. The predicted molar refractivity (Wildman–Crippen MR) is 130 cm³/mol. The summed E-state index contributed by atoms with van der Waals surface area (Å²) >= 11 is 0. The lowest BCUT2D eigenvalue weighted by molar-refractivity contribution is -0.137. The molecule has 0 aliphatic rings. The molecule has 0 radical (unpaired) electrons. The van der Waals surface area contributed by atoms with Gasteiger partial charge in [0.05, 0.1) is 37.8 Å². The van der Waals surface area contributed by atoms with Gasteiger partial charge < -0.3 is 58.0 Å². The minimum absolute atomic E-state index is 0.135. The number of aldehydes is 1. The fourth-order valence-electron chi connectivity index (χ4n) is 3.06. The number of hydrogen-bond acceptors (Lipinski definition) is 12. The maximum atomic E-state index is 12.7. The Morgan fingerprint density at radius 2 is 1.23 bits per heavy atom. The topological polar surface area (TPSA) is 313 Å². The van der Waals surface area contributed by atoms with E-state index in [9.17, 15) is 54.0 Å². The van der Waals surface area contributed by atoms with Gasteiger partial charge in [-0.1, -0.05) is 0 Å². The van der Waals surface area contributed by atoms with Crippen molar-refractivity contribution in [2.75, 3.05) is 13.2 Å². The van der Waals surface area contributed by atoms with Crippen molar-refractivity contribution in [3.8, 4) is 0 Å². The Bertz CT molecular complexity index is 884. The second-order valence-electron chi connectivity index (χ2n) is 8.54. The molecule has 39 heavy (non-hydrogen) atoms. The summed E-state index contributed by atoms with van der Waals surface area (Å²) in [5.41, 5.74) is 10.1. The predicted octanol–water partition coefficient (Wildman–Crippen LogP) is -7.07. The van der Waals surface area contributed by atoms with Gasteiger partial charge in [-0.3, -0.25) is 34.1 Å². The van der Waals surface area contributed by atoms with Gasteiger partial charge in [0.1, 0.15) is 30.6 Å². The SMILES string of the molecule is CC(O)NC(CC(N)=O)C(=O)NC(CO)C(=O)NC(C(=O)NC(CO)C(=O)NC(C=O)CCC(N)=O)C(C)O. The Kier molecular flexibility index (Phi) is 16.0. The molecule has 0 aromatic rings. The van der Waals surface area contributed by atoms with Crippen molar-refractivity contribution in [2.24, 2.45) is 11.5 Å². The summed E-state index contributed by atoms with van der Waals surface area (Å²) < 4.78 is 0. The normalized spacial score (nSPS) is 16.3. The van der Waals surface area contributed by atoms with Gasteiger partial charge >= 0.3 is 0 Å². The number of aliphatic hydroxyl groups excluding tert-OH is 4.